The number of anilines is 1. The van der Waals surface area contributed by atoms with Crippen molar-refractivity contribution in [1.29, 1.82) is 0 Å². The Morgan fingerprint density at radius 2 is 2.07 bits per heavy atom. The number of nitrogens with one attached hydrogen (secondary N) is 2. The molecule has 7 heteroatoms. The van der Waals surface area contributed by atoms with Crippen LogP contribution in [0.5, 0.6) is 0 Å². The molecule has 0 aliphatic heterocycles. The molecule has 0 unspecified atom stereocenters. The molecule has 0 radical (unpaired) electrons. The number of fused-ring (bicyclic) bond motifs is 2. The van der Waals surface area contributed by atoms with Gasteiger partial charge in [-0.3, -0.25) is 9.59 Å². The minimum atomic E-state index is -0.367. The van der Waals surface area contributed by atoms with Crippen LogP contribution in [0.1, 0.15) is 44.1 Å². The van der Waals surface area contributed by atoms with Crippen LogP contribution in [0.4, 0.5) is 9.39 Å². The Labute approximate surface area is 172 Å². The van der Waals surface area contributed by atoms with Crippen LogP contribution in [0.2, 0.25) is 0 Å². The second kappa shape index (κ2) is 7.83. The van der Waals surface area contributed by atoms with Crippen molar-refractivity contribution in [3.63, 3.8) is 0 Å². The average molecular weight is 412 g/mol. The molecule has 0 saturated heterocycles. The number of aromatic nitrogens is 1. The van der Waals surface area contributed by atoms with E-state index in [2.05, 4.69) is 17.2 Å². The molecule has 1 aliphatic carbocycles. The molecule has 29 heavy (non-hydrogen) atoms. The molecular formula is C22H22FN3O2S. The monoisotopic (exact) mass is 411 g/mol. The zero-order valence-corrected chi connectivity index (χ0v) is 17.0. The van der Waals surface area contributed by atoms with Crippen LogP contribution in [-0.2, 0) is 19.9 Å². The van der Waals surface area contributed by atoms with Crippen molar-refractivity contribution in [2.45, 2.75) is 25.7 Å². The van der Waals surface area contributed by atoms with E-state index in [0.29, 0.717) is 33.7 Å². The largest absolute Gasteiger partial charge is 0.348 e. The highest BCUT2D eigenvalue weighted by molar-refractivity contribution is 7.17. The molecule has 0 spiro atoms. The van der Waals surface area contributed by atoms with E-state index in [1.807, 2.05) is 0 Å². The van der Waals surface area contributed by atoms with Gasteiger partial charge in [0.1, 0.15) is 16.5 Å². The summed E-state index contributed by atoms with van der Waals surface area (Å²) in [5.74, 6) is -0.935. The maximum absolute atomic E-state index is 14.1. The van der Waals surface area contributed by atoms with Crippen LogP contribution in [-0.4, -0.2) is 22.9 Å². The third-order valence-electron chi connectivity index (χ3n) is 5.30. The highest BCUT2D eigenvalue weighted by Gasteiger charge is 2.27. The molecule has 150 valence electrons. The van der Waals surface area contributed by atoms with Gasteiger partial charge in [0.15, 0.2) is 0 Å². The van der Waals surface area contributed by atoms with E-state index in [1.54, 1.807) is 35.9 Å². The Kier molecular flexibility index (Phi) is 5.24. The van der Waals surface area contributed by atoms with Gasteiger partial charge < -0.3 is 15.2 Å². The number of rotatable bonds is 5. The smallest absolute Gasteiger partial charge is 0.272 e. The van der Waals surface area contributed by atoms with E-state index in [0.717, 1.165) is 36.1 Å². The molecule has 3 aromatic rings. The zero-order valence-electron chi connectivity index (χ0n) is 16.2. The Hall–Kier alpha value is -2.93. The minimum absolute atomic E-state index is 0.206. The van der Waals surface area contributed by atoms with Crippen molar-refractivity contribution >= 4 is 39.1 Å². The molecule has 0 atom stereocenters. The summed E-state index contributed by atoms with van der Waals surface area (Å²) in [7, 11) is 1.73. The van der Waals surface area contributed by atoms with Crippen molar-refractivity contribution in [1.82, 2.24) is 9.88 Å². The van der Waals surface area contributed by atoms with E-state index < -0.39 is 0 Å². The van der Waals surface area contributed by atoms with Crippen LogP contribution in [0, 0.1) is 5.82 Å². The Morgan fingerprint density at radius 3 is 2.83 bits per heavy atom. The lowest BCUT2D eigenvalue weighted by atomic mass is 9.95. The molecule has 5 nitrogen and oxygen atoms in total. The molecule has 2 aromatic heterocycles. The topological polar surface area (TPSA) is 63.1 Å². The van der Waals surface area contributed by atoms with E-state index in [9.17, 15) is 14.0 Å². The molecular weight excluding hydrogens is 389 g/mol. The van der Waals surface area contributed by atoms with E-state index in [-0.39, 0.29) is 17.6 Å². The second-order valence-electron chi connectivity index (χ2n) is 7.13. The fraction of sp³-hybridized carbons (Fsp3) is 0.273. The molecule has 1 aliphatic rings. The predicted molar refractivity (Wildman–Crippen MR) is 114 cm³/mol. The van der Waals surface area contributed by atoms with Crippen molar-refractivity contribution in [3.05, 3.63) is 64.4 Å². The van der Waals surface area contributed by atoms with Gasteiger partial charge in [0.2, 0.25) is 0 Å². The summed E-state index contributed by atoms with van der Waals surface area (Å²) in [6.07, 6.45) is 5.48. The molecule has 1 aromatic carbocycles. The van der Waals surface area contributed by atoms with Gasteiger partial charge in [-0.15, -0.1) is 17.9 Å². The maximum Gasteiger partial charge on any atom is 0.272 e. The number of carbonyl (C=O) groups excluding carboxylic acids is 2. The number of hydrogen-bond acceptors (Lipinski definition) is 3. The molecule has 0 fully saturated rings. The van der Waals surface area contributed by atoms with Crippen LogP contribution >= 0.6 is 11.3 Å². The number of benzene rings is 1. The molecule has 0 saturated carbocycles. The van der Waals surface area contributed by atoms with Crippen LogP contribution in [0.15, 0.2) is 36.9 Å². The van der Waals surface area contributed by atoms with Crippen molar-refractivity contribution in [2.75, 3.05) is 11.9 Å². The fourth-order valence-corrected chi connectivity index (χ4v) is 5.14. The van der Waals surface area contributed by atoms with Gasteiger partial charge in [-0.1, -0.05) is 12.1 Å². The van der Waals surface area contributed by atoms with E-state index in [1.165, 1.54) is 17.4 Å². The molecule has 0 bridgehead atoms. The van der Waals surface area contributed by atoms with Crippen LogP contribution in [0.3, 0.4) is 0 Å². The number of hydrogen-bond donors (Lipinski definition) is 2. The number of amides is 2. The fourth-order valence-electron chi connectivity index (χ4n) is 3.86. The molecule has 2 N–H and O–H groups in total. The standard InChI is InChI=1S/C22H22FN3O2S/c1-3-11-24-21(28)19-13-7-4-5-10-18(13)29-22(19)25-20(27)17-12-14-15(23)8-6-9-16(14)26(17)2/h3,6,8-9,12H,1,4-5,7,10-11H2,2H3,(H,24,28)(H,25,27). The van der Waals surface area contributed by atoms with Gasteiger partial charge in [0, 0.05) is 23.9 Å². The lowest BCUT2D eigenvalue weighted by molar-refractivity contribution is 0.0958. The quantitative estimate of drug-likeness (QED) is 0.610. The second-order valence-corrected chi connectivity index (χ2v) is 8.23. The number of aryl methyl sites for hydroxylation is 2. The lowest BCUT2D eigenvalue weighted by Crippen LogP contribution is -2.26. The van der Waals surface area contributed by atoms with Gasteiger partial charge in [-0.05, 0) is 49.4 Å². The van der Waals surface area contributed by atoms with Gasteiger partial charge in [-0.25, -0.2) is 4.39 Å². The number of nitrogens with zero attached hydrogens (tertiary/aromatic N) is 1. The summed E-state index contributed by atoms with van der Waals surface area (Å²) < 4.78 is 15.8. The third kappa shape index (κ3) is 3.46. The highest BCUT2D eigenvalue weighted by Crippen LogP contribution is 2.38. The average Bonchev–Trinajstić information content (AvgIpc) is 3.25. The van der Waals surface area contributed by atoms with Crippen molar-refractivity contribution < 1.29 is 14.0 Å². The number of halogens is 1. The van der Waals surface area contributed by atoms with Crippen LogP contribution in [0.25, 0.3) is 10.9 Å². The first-order valence-corrected chi connectivity index (χ1v) is 10.4. The number of carbonyl (C=O) groups is 2. The Morgan fingerprint density at radius 1 is 1.28 bits per heavy atom. The van der Waals surface area contributed by atoms with Gasteiger partial charge in [0.05, 0.1) is 11.1 Å². The third-order valence-corrected chi connectivity index (χ3v) is 6.51. The predicted octanol–water partition coefficient (Wildman–Crippen LogP) is 4.43. The first-order chi connectivity index (χ1) is 14.0. The summed E-state index contributed by atoms with van der Waals surface area (Å²) >= 11 is 1.46. The minimum Gasteiger partial charge on any atom is -0.348 e. The molecule has 2 heterocycles. The SMILES string of the molecule is C=CCNC(=O)c1c(NC(=O)c2cc3c(F)cccc3n2C)sc2c1CCCC2. The van der Waals surface area contributed by atoms with Crippen molar-refractivity contribution in [2.24, 2.45) is 7.05 Å². The first-order valence-electron chi connectivity index (χ1n) is 9.60. The van der Waals surface area contributed by atoms with Gasteiger partial charge in [-0.2, -0.15) is 0 Å². The molecule has 2 amide bonds. The van der Waals surface area contributed by atoms with E-state index >= 15 is 0 Å². The zero-order chi connectivity index (χ0) is 20.5. The summed E-state index contributed by atoms with van der Waals surface area (Å²) in [6, 6.07) is 6.31. The Balaban J connectivity index is 1.71. The number of thiophene rings is 1. The highest BCUT2D eigenvalue weighted by atomic mass is 32.1. The van der Waals surface area contributed by atoms with Gasteiger partial charge in [0.25, 0.3) is 11.8 Å². The van der Waals surface area contributed by atoms with Crippen molar-refractivity contribution in [3.8, 4) is 0 Å². The summed E-state index contributed by atoms with van der Waals surface area (Å²) in [5, 5.41) is 6.68. The first kappa shape index (κ1) is 19.4. The van der Waals surface area contributed by atoms with Gasteiger partial charge >= 0.3 is 0 Å². The summed E-state index contributed by atoms with van der Waals surface area (Å²) in [6.45, 7) is 3.99. The molecule has 4 rings (SSSR count). The maximum atomic E-state index is 14.1. The summed E-state index contributed by atoms with van der Waals surface area (Å²) in [5.41, 5.74) is 2.56. The van der Waals surface area contributed by atoms with Crippen LogP contribution < -0.4 is 10.6 Å². The normalized spacial score (nSPS) is 13.2. The van der Waals surface area contributed by atoms with E-state index in [4.69, 9.17) is 0 Å². The Bertz CT molecular complexity index is 1130. The lowest BCUT2D eigenvalue weighted by Gasteiger charge is -2.13. The summed E-state index contributed by atoms with van der Waals surface area (Å²) in [4.78, 5) is 26.9.